The molecule has 1 aromatic carbocycles. The first-order chi connectivity index (χ1) is 12.6. The van der Waals surface area contributed by atoms with Crippen LogP contribution in [0.4, 0.5) is 10.8 Å². The predicted molar refractivity (Wildman–Crippen MR) is 108 cm³/mol. The number of anilines is 2. The maximum absolute atomic E-state index is 12.1. The van der Waals surface area contributed by atoms with Crippen LogP contribution in [0.15, 0.2) is 30.3 Å². The van der Waals surface area contributed by atoms with Crippen LogP contribution >= 0.6 is 11.3 Å². The van der Waals surface area contributed by atoms with Crippen molar-refractivity contribution >= 4 is 44.2 Å². The highest BCUT2D eigenvalue weighted by Gasteiger charge is 2.28. The van der Waals surface area contributed by atoms with Crippen LogP contribution in [0.3, 0.4) is 0 Å². The van der Waals surface area contributed by atoms with Crippen molar-refractivity contribution in [3.63, 3.8) is 0 Å². The molecule has 144 valence electrons. The number of hydrogen-bond acceptors (Lipinski definition) is 6. The number of nitrogens with zero attached hydrogens (tertiary/aromatic N) is 3. The van der Waals surface area contributed by atoms with Crippen LogP contribution < -0.4 is 9.62 Å². The Labute approximate surface area is 163 Å². The molecular formula is C18H22N4O3S2. The number of carbonyl (C=O) groups excluding carboxylic acids is 1. The molecule has 7 nitrogen and oxygen atoms in total. The van der Waals surface area contributed by atoms with E-state index in [-0.39, 0.29) is 17.1 Å². The summed E-state index contributed by atoms with van der Waals surface area (Å²) in [5.74, 6) is -0.102. The number of rotatable bonds is 4. The summed E-state index contributed by atoms with van der Waals surface area (Å²) in [6.07, 6.45) is 3.73. The molecule has 0 unspecified atom stereocenters. The molecule has 0 saturated carbocycles. The van der Waals surface area contributed by atoms with Gasteiger partial charge in [-0.25, -0.2) is 8.42 Å². The van der Waals surface area contributed by atoms with Crippen molar-refractivity contribution in [2.75, 3.05) is 21.9 Å². The fraction of sp³-hybridized carbons (Fsp3) is 0.389. The van der Waals surface area contributed by atoms with Gasteiger partial charge in [0.25, 0.3) is 0 Å². The number of amides is 1. The van der Waals surface area contributed by atoms with Crippen LogP contribution in [-0.2, 0) is 20.2 Å². The van der Waals surface area contributed by atoms with Gasteiger partial charge in [0.15, 0.2) is 0 Å². The van der Waals surface area contributed by atoms with Gasteiger partial charge in [-0.2, -0.15) is 0 Å². The van der Waals surface area contributed by atoms with E-state index in [1.165, 1.54) is 21.7 Å². The molecule has 0 atom stereocenters. The lowest BCUT2D eigenvalue weighted by Gasteiger charge is -2.16. The maximum Gasteiger partial charge on any atom is 0.250 e. The quantitative estimate of drug-likeness (QED) is 0.788. The summed E-state index contributed by atoms with van der Waals surface area (Å²) in [5, 5.41) is 12.1. The summed E-state index contributed by atoms with van der Waals surface area (Å²) in [6, 6.07) is 7.08. The Morgan fingerprint density at radius 2 is 1.93 bits per heavy atom. The largest absolute Gasteiger partial charge is 0.297 e. The Morgan fingerprint density at radius 3 is 2.48 bits per heavy atom. The van der Waals surface area contributed by atoms with Crippen LogP contribution in [0.5, 0.6) is 0 Å². The first-order valence-electron chi connectivity index (χ1n) is 8.59. The van der Waals surface area contributed by atoms with E-state index >= 15 is 0 Å². The minimum absolute atomic E-state index is 0.110. The molecule has 1 amide bonds. The number of benzene rings is 1. The lowest BCUT2D eigenvalue weighted by atomic mass is 9.98. The fourth-order valence-corrected chi connectivity index (χ4v) is 4.95. The molecule has 1 aromatic heterocycles. The van der Waals surface area contributed by atoms with E-state index in [1.54, 1.807) is 30.3 Å². The summed E-state index contributed by atoms with van der Waals surface area (Å²) < 4.78 is 25.3. The van der Waals surface area contributed by atoms with Crippen LogP contribution in [-0.4, -0.2) is 36.8 Å². The van der Waals surface area contributed by atoms with E-state index in [2.05, 4.69) is 15.5 Å². The lowest BCUT2D eigenvalue weighted by Crippen LogP contribution is -2.24. The van der Waals surface area contributed by atoms with Crippen molar-refractivity contribution in [1.82, 2.24) is 10.2 Å². The van der Waals surface area contributed by atoms with Crippen molar-refractivity contribution < 1.29 is 13.2 Å². The first-order valence-corrected chi connectivity index (χ1v) is 11.0. The second kappa shape index (κ2) is 7.40. The molecule has 1 aliphatic rings. The van der Waals surface area contributed by atoms with Crippen molar-refractivity contribution in [3.8, 4) is 0 Å². The molecule has 0 bridgehead atoms. The zero-order valence-corrected chi connectivity index (χ0v) is 17.1. The average Bonchev–Trinajstić information content (AvgIpc) is 3.19. The van der Waals surface area contributed by atoms with E-state index in [4.69, 9.17) is 0 Å². The van der Waals surface area contributed by atoms with Crippen molar-refractivity contribution in [3.05, 3.63) is 40.9 Å². The van der Waals surface area contributed by atoms with Gasteiger partial charge in [-0.3, -0.25) is 14.4 Å². The number of hydrogen-bond donors (Lipinski definition) is 1. The van der Waals surface area contributed by atoms with Crippen LogP contribution in [0.25, 0.3) is 6.08 Å². The molecular weight excluding hydrogens is 384 g/mol. The number of aromatic nitrogens is 2. The number of nitrogens with one attached hydrogen (secondary N) is 1. The Balaban J connectivity index is 1.62. The molecule has 1 saturated heterocycles. The molecule has 0 radical (unpaired) electrons. The summed E-state index contributed by atoms with van der Waals surface area (Å²) >= 11 is 1.36. The van der Waals surface area contributed by atoms with E-state index < -0.39 is 10.0 Å². The van der Waals surface area contributed by atoms with Gasteiger partial charge in [0.1, 0.15) is 5.01 Å². The third kappa shape index (κ3) is 4.72. The fourth-order valence-electron chi connectivity index (χ4n) is 2.58. The van der Waals surface area contributed by atoms with Crippen molar-refractivity contribution in [2.24, 2.45) is 0 Å². The first kappa shape index (κ1) is 19.5. The minimum atomic E-state index is -3.18. The van der Waals surface area contributed by atoms with Gasteiger partial charge in [0.05, 0.1) is 11.4 Å². The van der Waals surface area contributed by atoms with E-state index in [9.17, 15) is 13.2 Å². The van der Waals surface area contributed by atoms with Gasteiger partial charge in [-0.15, -0.1) is 10.2 Å². The lowest BCUT2D eigenvalue weighted by molar-refractivity contribution is -0.111. The molecule has 3 rings (SSSR count). The van der Waals surface area contributed by atoms with Crippen molar-refractivity contribution in [1.29, 1.82) is 0 Å². The van der Waals surface area contributed by atoms with Gasteiger partial charge in [0, 0.05) is 18.0 Å². The molecule has 1 fully saturated rings. The Hall–Kier alpha value is -2.26. The highest BCUT2D eigenvalue weighted by molar-refractivity contribution is 7.93. The van der Waals surface area contributed by atoms with Crippen molar-refractivity contribution in [2.45, 2.75) is 32.6 Å². The topological polar surface area (TPSA) is 92.3 Å². The molecule has 0 spiro atoms. The molecule has 27 heavy (non-hydrogen) atoms. The van der Waals surface area contributed by atoms with E-state index in [0.29, 0.717) is 23.8 Å². The second-order valence-corrected chi connectivity index (χ2v) is 10.3. The van der Waals surface area contributed by atoms with Gasteiger partial charge >= 0.3 is 0 Å². The summed E-state index contributed by atoms with van der Waals surface area (Å²) in [7, 11) is -3.18. The molecule has 0 aliphatic carbocycles. The van der Waals surface area contributed by atoms with Crippen LogP contribution in [0.2, 0.25) is 0 Å². The summed E-state index contributed by atoms with van der Waals surface area (Å²) in [4.78, 5) is 12.1. The maximum atomic E-state index is 12.1. The third-order valence-corrected chi connectivity index (χ3v) is 7.14. The average molecular weight is 407 g/mol. The number of carbonyl (C=O) groups is 1. The smallest absolute Gasteiger partial charge is 0.250 e. The van der Waals surface area contributed by atoms with Crippen LogP contribution in [0, 0.1) is 0 Å². The highest BCUT2D eigenvalue weighted by atomic mass is 32.2. The summed E-state index contributed by atoms with van der Waals surface area (Å²) in [5.41, 5.74) is 1.34. The zero-order chi connectivity index (χ0) is 19.7. The molecule has 9 heteroatoms. The third-order valence-electron chi connectivity index (χ3n) is 4.00. The second-order valence-electron chi connectivity index (χ2n) is 7.32. The van der Waals surface area contributed by atoms with Gasteiger partial charge in [-0.05, 0) is 30.2 Å². The number of sulfonamides is 1. The van der Waals surface area contributed by atoms with Gasteiger partial charge < -0.3 is 0 Å². The van der Waals surface area contributed by atoms with E-state index in [0.717, 1.165) is 10.6 Å². The SMILES string of the molecule is CC(C)(C)c1nnc(NC(=O)/C=C/c2ccc(N3CCCS3(=O)=O)cc2)s1. The highest BCUT2D eigenvalue weighted by Crippen LogP contribution is 2.28. The molecule has 2 heterocycles. The Bertz CT molecular complexity index is 957. The monoisotopic (exact) mass is 406 g/mol. The normalized spacial score (nSPS) is 16.8. The molecule has 2 aromatic rings. The van der Waals surface area contributed by atoms with Gasteiger partial charge in [0.2, 0.25) is 21.1 Å². The Kier molecular flexibility index (Phi) is 5.34. The zero-order valence-electron chi connectivity index (χ0n) is 15.5. The molecule has 1 N–H and O–H groups in total. The summed E-state index contributed by atoms with van der Waals surface area (Å²) in [6.45, 7) is 6.63. The standard InChI is InChI=1S/C18H22N4O3S2/c1-18(2,3)16-20-21-17(26-16)19-15(23)10-7-13-5-8-14(9-6-13)22-11-4-12-27(22,24)25/h5-10H,4,11-12H2,1-3H3,(H,19,21,23)/b10-7+. The predicted octanol–water partition coefficient (Wildman–Crippen LogP) is 3.03. The minimum Gasteiger partial charge on any atom is -0.297 e. The van der Waals surface area contributed by atoms with Gasteiger partial charge in [-0.1, -0.05) is 44.2 Å². The molecule has 1 aliphatic heterocycles. The van der Waals surface area contributed by atoms with Crippen LogP contribution in [0.1, 0.15) is 37.8 Å². The van der Waals surface area contributed by atoms with E-state index in [1.807, 2.05) is 20.8 Å². The Morgan fingerprint density at radius 1 is 1.22 bits per heavy atom.